The molecular formula is C19H30N2O2Si. The first-order chi connectivity index (χ1) is 11.0. The Morgan fingerprint density at radius 2 is 1.88 bits per heavy atom. The highest BCUT2D eigenvalue weighted by Crippen LogP contribution is 2.46. The van der Waals surface area contributed by atoms with Crippen LogP contribution in [0.5, 0.6) is 0 Å². The third-order valence-electron chi connectivity index (χ3n) is 5.21. The molecule has 132 valence electrons. The zero-order chi connectivity index (χ0) is 18.3. The predicted octanol–water partition coefficient (Wildman–Crippen LogP) is 4.59. The summed E-state index contributed by atoms with van der Waals surface area (Å²) >= 11 is 0. The van der Waals surface area contributed by atoms with E-state index in [4.69, 9.17) is 4.84 Å². The lowest BCUT2D eigenvalue weighted by atomic mass is 9.98. The number of hydrogen-bond donors (Lipinski definition) is 0. The second-order valence-corrected chi connectivity index (χ2v) is 13.5. The van der Waals surface area contributed by atoms with Crippen molar-refractivity contribution in [1.29, 1.82) is 0 Å². The maximum absolute atomic E-state index is 13.2. The third kappa shape index (κ3) is 3.01. The van der Waals surface area contributed by atoms with Crippen LogP contribution in [0.25, 0.3) is 0 Å². The summed E-state index contributed by atoms with van der Waals surface area (Å²) in [7, 11) is -0.599. The van der Waals surface area contributed by atoms with Crippen LogP contribution in [-0.2, 0) is 16.1 Å². The number of hydrogen-bond acceptors (Lipinski definition) is 3. The molecule has 1 aromatic rings. The van der Waals surface area contributed by atoms with Crippen LogP contribution in [0, 0.1) is 5.92 Å². The molecule has 4 nitrogen and oxygen atoms in total. The van der Waals surface area contributed by atoms with E-state index in [2.05, 4.69) is 63.5 Å². The van der Waals surface area contributed by atoms with Gasteiger partial charge in [-0.25, -0.2) is 0 Å². The van der Waals surface area contributed by atoms with Gasteiger partial charge in [-0.05, 0) is 22.9 Å². The highest BCUT2D eigenvalue weighted by molar-refractivity contribution is 6.90. The van der Waals surface area contributed by atoms with E-state index in [-0.39, 0.29) is 10.9 Å². The van der Waals surface area contributed by atoms with E-state index in [1.54, 1.807) is 0 Å². The molecule has 0 unspecified atom stereocenters. The Hall–Kier alpha value is -1.62. The van der Waals surface area contributed by atoms with Gasteiger partial charge in [-0.15, -0.1) is 0 Å². The summed E-state index contributed by atoms with van der Waals surface area (Å²) in [5.74, 6) is 0.505. The van der Waals surface area contributed by atoms with Gasteiger partial charge >= 0.3 is 0 Å². The summed E-state index contributed by atoms with van der Waals surface area (Å²) in [6.07, 6.45) is 0.946. The van der Waals surface area contributed by atoms with Crippen LogP contribution in [0.1, 0.15) is 45.7 Å². The summed E-state index contributed by atoms with van der Waals surface area (Å²) < 4.78 is 2.07. The van der Waals surface area contributed by atoms with Gasteiger partial charge in [0, 0.05) is 11.3 Å². The highest BCUT2D eigenvalue weighted by Gasteiger charge is 2.50. The molecule has 0 saturated heterocycles. The van der Waals surface area contributed by atoms with Crippen molar-refractivity contribution in [3.05, 3.63) is 29.3 Å². The molecule has 0 aromatic heterocycles. The molecule has 0 aliphatic carbocycles. The summed E-state index contributed by atoms with van der Waals surface area (Å²) in [5, 5.41) is 4.11. The first kappa shape index (κ1) is 18.7. The Kier molecular flexibility index (Phi) is 4.95. The fraction of sp³-hybridized carbons (Fsp3) is 0.579. The number of fused-ring (bicyclic) bond motifs is 1. The summed E-state index contributed by atoms with van der Waals surface area (Å²) in [5.41, 5.74) is 3.62. The van der Waals surface area contributed by atoms with Gasteiger partial charge in [0.15, 0.2) is 13.9 Å². The standard InChI is InChI=1S/C19H30N2O2Si/c1-13(2)12-14-10-9-11-15-16(20-23-6)18(22)21(17(14)15)24(7,8)19(3,4)5/h9-11,13H,12H2,1-8H3/b20-16+. The van der Waals surface area contributed by atoms with Gasteiger partial charge in [0.25, 0.3) is 5.91 Å². The van der Waals surface area contributed by atoms with E-state index in [0.29, 0.717) is 11.6 Å². The minimum absolute atomic E-state index is 0.0188. The fourth-order valence-corrected chi connectivity index (χ4v) is 5.13. The molecule has 24 heavy (non-hydrogen) atoms. The van der Waals surface area contributed by atoms with Crippen molar-refractivity contribution in [2.45, 2.75) is 59.2 Å². The highest BCUT2D eigenvalue weighted by atomic mass is 28.3. The van der Waals surface area contributed by atoms with E-state index in [9.17, 15) is 4.79 Å². The van der Waals surface area contributed by atoms with Crippen molar-refractivity contribution in [3.8, 4) is 0 Å². The number of amides is 1. The van der Waals surface area contributed by atoms with Crippen molar-refractivity contribution < 1.29 is 9.63 Å². The lowest BCUT2D eigenvalue weighted by molar-refractivity contribution is -0.111. The number of carbonyl (C=O) groups excluding carboxylic acids is 1. The number of para-hydroxylation sites is 1. The number of anilines is 1. The maximum atomic E-state index is 13.2. The number of carbonyl (C=O) groups is 1. The van der Waals surface area contributed by atoms with E-state index < -0.39 is 8.24 Å². The molecule has 1 heterocycles. The first-order valence-electron chi connectivity index (χ1n) is 8.60. The zero-order valence-corrected chi connectivity index (χ0v) is 17.2. The molecule has 0 saturated carbocycles. The lowest BCUT2D eigenvalue weighted by Crippen LogP contribution is -2.57. The maximum Gasteiger partial charge on any atom is 0.273 e. The van der Waals surface area contributed by atoms with Gasteiger partial charge in [-0.3, -0.25) is 4.79 Å². The average Bonchev–Trinajstić information content (AvgIpc) is 2.72. The molecule has 1 aliphatic rings. The van der Waals surface area contributed by atoms with Crippen molar-refractivity contribution in [2.24, 2.45) is 11.1 Å². The van der Waals surface area contributed by atoms with E-state index >= 15 is 0 Å². The molecule has 5 heteroatoms. The molecule has 0 N–H and O–H groups in total. The molecule has 1 amide bonds. The normalized spacial score (nSPS) is 17.0. The summed E-state index contributed by atoms with van der Waals surface area (Å²) in [6.45, 7) is 15.6. The van der Waals surface area contributed by atoms with Crippen LogP contribution in [0.15, 0.2) is 23.4 Å². The molecule has 0 fully saturated rings. The van der Waals surface area contributed by atoms with Crippen molar-refractivity contribution in [2.75, 3.05) is 11.7 Å². The van der Waals surface area contributed by atoms with E-state index in [0.717, 1.165) is 17.7 Å². The zero-order valence-electron chi connectivity index (χ0n) is 16.2. The van der Waals surface area contributed by atoms with Crippen LogP contribution in [-0.4, -0.2) is 27.0 Å². The lowest BCUT2D eigenvalue weighted by Gasteiger charge is -2.44. The Morgan fingerprint density at radius 3 is 2.38 bits per heavy atom. The fourth-order valence-electron chi connectivity index (χ4n) is 3.02. The smallest absolute Gasteiger partial charge is 0.273 e. The van der Waals surface area contributed by atoms with Crippen LogP contribution in [0.4, 0.5) is 5.69 Å². The largest absolute Gasteiger partial charge is 0.398 e. The Bertz CT molecular complexity index is 672. The van der Waals surface area contributed by atoms with E-state index in [1.165, 1.54) is 12.7 Å². The van der Waals surface area contributed by atoms with Gasteiger partial charge in [0.2, 0.25) is 0 Å². The molecule has 0 radical (unpaired) electrons. The minimum Gasteiger partial charge on any atom is -0.398 e. The monoisotopic (exact) mass is 346 g/mol. The molecular weight excluding hydrogens is 316 g/mol. The van der Waals surface area contributed by atoms with Gasteiger partial charge in [-0.1, -0.05) is 71.1 Å². The number of benzene rings is 1. The summed E-state index contributed by atoms with van der Waals surface area (Å²) in [4.78, 5) is 18.2. The predicted molar refractivity (Wildman–Crippen MR) is 103 cm³/mol. The molecule has 0 spiro atoms. The molecule has 0 atom stereocenters. The second-order valence-electron chi connectivity index (χ2n) is 8.48. The number of rotatable bonds is 4. The Balaban J connectivity index is 2.73. The van der Waals surface area contributed by atoms with E-state index in [1.807, 2.05) is 12.1 Å². The SMILES string of the molecule is CO/N=C1/C(=O)N([Si](C)(C)C(C)(C)C)c2c(CC(C)C)cccc21. The van der Waals surface area contributed by atoms with Crippen LogP contribution in [0.3, 0.4) is 0 Å². The minimum atomic E-state index is -2.09. The molecule has 1 aromatic carbocycles. The van der Waals surface area contributed by atoms with Gasteiger partial charge in [0.1, 0.15) is 7.11 Å². The van der Waals surface area contributed by atoms with Gasteiger partial charge < -0.3 is 9.40 Å². The number of oxime groups is 1. The van der Waals surface area contributed by atoms with Crippen LogP contribution in [0.2, 0.25) is 18.1 Å². The van der Waals surface area contributed by atoms with Crippen molar-refractivity contribution in [3.63, 3.8) is 0 Å². The molecule has 2 rings (SSSR count). The van der Waals surface area contributed by atoms with Gasteiger partial charge in [0.05, 0.1) is 0 Å². The van der Waals surface area contributed by atoms with Gasteiger partial charge in [-0.2, -0.15) is 0 Å². The Labute approximate surface area is 147 Å². The topological polar surface area (TPSA) is 41.9 Å². The summed E-state index contributed by atoms with van der Waals surface area (Å²) in [6, 6.07) is 6.15. The van der Waals surface area contributed by atoms with Crippen LogP contribution >= 0.6 is 0 Å². The molecule has 1 aliphatic heterocycles. The van der Waals surface area contributed by atoms with Crippen molar-refractivity contribution >= 4 is 25.5 Å². The molecule has 0 bridgehead atoms. The third-order valence-corrected chi connectivity index (χ3v) is 10.4. The Morgan fingerprint density at radius 1 is 1.25 bits per heavy atom. The van der Waals surface area contributed by atoms with Crippen LogP contribution < -0.4 is 4.57 Å². The quantitative estimate of drug-likeness (QED) is 0.591. The first-order valence-corrected chi connectivity index (χ1v) is 11.5. The second kappa shape index (κ2) is 6.35. The number of nitrogens with zero attached hydrogens (tertiary/aromatic N) is 2. The average molecular weight is 347 g/mol. The van der Waals surface area contributed by atoms with Crippen molar-refractivity contribution in [1.82, 2.24) is 0 Å².